The van der Waals surface area contributed by atoms with E-state index < -0.39 is 0 Å². The molecule has 0 fully saturated rings. The third kappa shape index (κ3) is 1.98. The van der Waals surface area contributed by atoms with E-state index >= 15 is 0 Å². The van der Waals surface area contributed by atoms with Crippen LogP contribution in [0.3, 0.4) is 0 Å². The first-order valence-corrected chi connectivity index (χ1v) is 5.73. The van der Waals surface area contributed by atoms with Crippen LogP contribution in [-0.2, 0) is 0 Å². The molecular weight excluding hydrogens is 224 g/mol. The van der Waals surface area contributed by atoms with Crippen molar-refractivity contribution in [3.63, 3.8) is 0 Å². The molecule has 0 spiro atoms. The van der Waals surface area contributed by atoms with Crippen LogP contribution in [0.15, 0.2) is 66.9 Å². The molecule has 3 aromatic rings. The van der Waals surface area contributed by atoms with Crippen molar-refractivity contribution in [3.8, 4) is 22.7 Å². The Hall–Kier alpha value is -2.55. The van der Waals surface area contributed by atoms with Crippen LogP contribution < -0.4 is 0 Å². The number of benzene rings is 2. The Morgan fingerprint density at radius 3 is 2.28 bits per heavy atom. The van der Waals surface area contributed by atoms with Crippen LogP contribution in [0.2, 0.25) is 0 Å². The maximum atomic E-state index is 9.26. The lowest BCUT2D eigenvalue weighted by Crippen LogP contribution is -1.93. The summed E-state index contributed by atoms with van der Waals surface area (Å²) in [6, 6.07) is 19.0. The van der Waals surface area contributed by atoms with E-state index in [4.69, 9.17) is 0 Å². The van der Waals surface area contributed by atoms with E-state index in [0.717, 1.165) is 16.9 Å². The van der Waals surface area contributed by atoms with E-state index in [2.05, 4.69) is 5.10 Å². The number of hydrogen-bond acceptors (Lipinski definition) is 2. The van der Waals surface area contributed by atoms with Gasteiger partial charge in [-0.1, -0.05) is 18.2 Å². The molecule has 2 aromatic carbocycles. The quantitative estimate of drug-likeness (QED) is 0.741. The minimum absolute atomic E-state index is 0.265. The highest BCUT2D eigenvalue weighted by atomic mass is 16.3. The molecule has 0 aliphatic heterocycles. The minimum Gasteiger partial charge on any atom is -0.508 e. The van der Waals surface area contributed by atoms with Crippen LogP contribution in [0.5, 0.6) is 5.75 Å². The highest BCUT2D eigenvalue weighted by Gasteiger charge is 2.03. The summed E-state index contributed by atoms with van der Waals surface area (Å²) in [6.07, 6.45) is 1.93. The Morgan fingerprint density at radius 1 is 0.833 bits per heavy atom. The summed E-state index contributed by atoms with van der Waals surface area (Å²) in [5, 5.41) is 13.8. The highest BCUT2D eigenvalue weighted by Crippen LogP contribution is 2.20. The summed E-state index contributed by atoms with van der Waals surface area (Å²) in [5.74, 6) is 0.265. The Morgan fingerprint density at radius 2 is 1.56 bits per heavy atom. The van der Waals surface area contributed by atoms with Gasteiger partial charge in [0.05, 0.1) is 11.4 Å². The van der Waals surface area contributed by atoms with Gasteiger partial charge in [-0.2, -0.15) is 5.10 Å². The van der Waals surface area contributed by atoms with E-state index in [-0.39, 0.29) is 5.75 Å². The van der Waals surface area contributed by atoms with Crippen molar-refractivity contribution < 1.29 is 5.11 Å². The van der Waals surface area contributed by atoms with E-state index in [1.54, 1.807) is 12.1 Å². The highest BCUT2D eigenvalue weighted by molar-refractivity contribution is 5.59. The number of nitrogens with zero attached hydrogens (tertiary/aromatic N) is 2. The van der Waals surface area contributed by atoms with Crippen molar-refractivity contribution in [2.75, 3.05) is 0 Å². The van der Waals surface area contributed by atoms with Gasteiger partial charge in [0.15, 0.2) is 0 Å². The third-order valence-electron chi connectivity index (χ3n) is 2.77. The van der Waals surface area contributed by atoms with Crippen molar-refractivity contribution >= 4 is 0 Å². The normalized spacial score (nSPS) is 10.4. The number of rotatable bonds is 2. The first-order chi connectivity index (χ1) is 8.83. The predicted molar refractivity (Wildman–Crippen MR) is 70.7 cm³/mol. The zero-order valence-electron chi connectivity index (χ0n) is 9.69. The number of aromatic nitrogens is 2. The predicted octanol–water partition coefficient (Wildman–Crippen LogP) is 3.24. The summed E-state index contributed by atoms with van der Waals surface area (Å²) in [7, 11) is 0. The fraction of sp³-hybridized carbons (Fsp3) is 0. The SMILES string of the molecule is Oc1ccc(-c2ccn(-c3ccccc3)n2)cc1. The van der Waals surface area contributed by atoms with E-state index in [0.29, 0.717) is 0 Å². The fourth-order valence-corrected chi connectivity index (χ4v) is 1.83. The van der Waals surface area contributed by atoms with Gasteiger partial charge in [-0.15, -0.1) is 0 Å². The summed E-state index contributed by atoms with van der Waals surface area (Å²) >= 11 is 0. The molecule has 3 rings (SSSR count). The first-order valence-electron chi connectivity index (χ1n) is 5.73. The third-order valence-corrected chi connectivity index (χ3v) is 2.77. The summed E-state index contributed by atoms with van der Waals surface area (Å²) in [4.78, 5) is 0. The molecule has 0 radical (unpaired) electrons. The second kappa shape index (κ2) is 4.37. The topological polar surface area (TPSA) is 38.0 Å². The molecule has 0 unspecified atom stereocenters. The van der Waals surface area contributed by atoms with Gasteiger partial charge >= 0.3 is 0 Å². The number of hydrogen-bond donors (Lipinski definition) is 1. The summed E-state index contributed by atoms with van der Waals surface area (Å²) < 4.78 is 1.84. The van der Waals surface area contributed by atoms with Crippen LogP contribution in [0.25, 0.3) is 16.9 Å². The number of phenolic OH excluding ortho intramolecular Hbond substituents is 1. The molecule has 3 heteroatoms. The van der Waals surface area contributed by atoms with Crippen molar-refractivity contribution in [2.45, 2.75) is 0 Å². The molecule has 0 saturated heterocycles. The van der Waals surface area contributed by atoms with Crippen LogP contribution in [0.1, 0.15) is 0 Å². The molecule has 1 N–H and O–H groups in total. The zero-order chi connectivity index (χ0) is 12.4. The molecule has 0 saturated carbocycles. The largest absolute Gasteiger partial charge is 0.508 e. The molecule has 3 nitrogen and oxygen atoms in total. The lowest BCUT2D eigenvalue weighted by atomic mass is 10.1. The Kier molecular flexibility index (Phi) is 2.57. The first kappa shape index (κ1) is 10.6. The molecule has 88 valence electrons. The second-order valence-electron chi connectivity index (χ2n) is 4.03. The van der Waals surface area contributed by atoms with E-state index in [1.807, 2.05) is 59.4 Å². The van der Waals surface area contributed by atoms with Gasteiger partial charge in [0.2, 0.25) is 0 Å². The Balaban J connectivity index is 1.97. The smallest absolute Gasteiger partial charge is 0.115 e. The minimum atomic E-state index is 0.265. The molecule has 0 aliphatic rings. The fourth-order valence-electron chi connectivity index (χ4n) is 1.83. The van der Waals surface area contributed by atoms with Gasteiger partial charge in [-0.05, 0) is 42.5 Å². The Labute approximate surface area is 105 Å². The van der Waals surface area contributed by atoms with Crippen LogP contribution >= 0.6 is 0 Å². The molecule has 0 amide bonds. The maximum absolute atomic E-state index is 9.26. The average Bonchev–Trinajstić information content (AvgIpc) is 2.90. The average molecular weight is 236 g/mol. The molecule has 18 heavy (non-hydrogen) atoms. The lowest BCUT2D eigenvalue weighted by Gasteiger charge is -2.00. The Bertz CT molecular complexity index is 642. The zero-order valence-corrected chi connectivity index (χ0v) is 9.69. The van der Waals surface area contributed by atoms with Crippen molar-refractivity contribution in [1.82, 2.24) is 9.78 Å². The van der Waals surface area contributed by atoms with Crippen LogP contribution in [0.4, 0.5) is 0 Å². The van der Waals surface area contributed by atoms with Gasteiger partial charge in [-0.25, -0.2) is 4.68 Å². The molecule has 1 aromatic heterocycles. The van der Waals surface area contributed by atoms with E-state index in [1.165, 1.54) is 0 Å². The van der Waals surface area contributed by atoms with E-state index in [9.17, 15) is 5.11 Å². The summed E-state index contributed by atoms with van der Waals surface area (Å²) in [5.41, 5.74) is 2.91. The van der Waals surface area contributed by atoms with Gasteiger partial charge in [0, 0.05) is 11.8 Å². The van der Waals surface area contributed by atoms with Gasteiger partial charge in [0.1, 0.15) is 5.75 Å². The number of aromatic hydroxyl groups is 1. The molecule has 1 heterocycles. The van der Waals surface area contributed by atoms with Crippen LogP contribution in [-0.4, -0.2) is 14.9 Å². The molecule has 0 bridgehead atoms. The maximum Gasteiger partial charge on any atom is 0.115 e. The van der Waals surface area contributed by atoms with Gasteiger partial charge in [0.25, 0.3) is 0 Å². The number of phenols is 1. The lowest BCUT2D eigenvalue weighted by molar-refractivity contribution is 0.475. The molecule has 0 aliphatic carbocycles. The van der Waals surface area contributed by atoms with Crippen LogP contribution in [0, 0.1) is 0 Å². The molecular formula is C15H12N2O. The monoisotopic (exact) mass is 236 g/mol. The number of para-hydroxylation sites is 1. The van der Waals surface area contributed by atoms with Crippen molar-refractivity contribution in [3.05, 3.63) is 66.9 Å². The van der Waals surface area contributed by atoms with Gasteiger partial charge < -0.3 is 5.11 Å². The molecule has 0 atom stereocenters. The standard InChI is InChI=1S/C15H12N2O/c18-14-8-6-12(7-9-14)15-10-11-17(16-15)13-4-2-1-3-5-13/h1-11,18H. The summed E-state index contributed by atoms with van der Waals surface area (Å²) in [6.45, 7) is 0. The van der Waals surface area contributed by atoms with Crippen molar-refractivity contribution in [2.24, 2.45) is 0 Å². The van der Waals surface area contributed by atoms with Gasteiger partial charge in [-0.3, -0.25) is 0 Å². The second-order valence-corrected chi connectivity index (χ2v) is 4.03. The van der Waals surface area contributed by atoms with Crippen molar-refractivity contribution in [1.29, 1.82) is 0 Å².